The van der Waals surface area contributed by atoms with Gasteiger partial charge in [0.1, 0.15) is 0 Å². The molecule has 1 atom stereocenters. The van der Waals surface area contributed by atoms with Crippen LogP contribution >= 0.6 is 0 Å². The molecular formula is C21H34N2O3. The molecule has 0 unspecified atom stereocenters. The molecule has 0 radical (unpaired) electrons. The van der Waals surface area contributed by atoms with Crippen LogP contribution in [0.1, 0.15) is 44.1 Å². The van der Waals surface area contributed by atoms with E-state index >= 15 is 0 Å². The number of aliphatic hydroxyl groups excluding tert-OH is 1. The van der Waals surface area contributed by atoms with E-state index in [4.69, 9.17) is 4.74 Å². The maximum atomic E-state index is 9.77. The van der Waals surface area contributed by atoms with Crippen molar-refractivity contribution >= 4 is 0 Å². The molecule has 1 saturated carbocycles. The lowest BCUT2D eigenvalue weighted by Gasteiger charge is -2.43. The molecule has 2 N–H and O–H groups in total. The topological polar surface area (TPSA) is 56.2 Å². The summed E-state index contributed by atoms with van der Waals surface area (Å²) in [6.45, 7) is 5.44. The van der Waals surface area contributed by atoms with Gasteiger partial charge in [-0.1, -0.05) is 25.3 Å². The van der Waals surface area contributed by atoms with Crippen LogP contribution in [0.15, 0.2) is 18.2 Å². The lowest BCUT2D eigenvalue weighted by Crippen LogP contribution is -2.54. The van der Waals surface area contributed by atoms with E-state index in [1.807, 2.05) is 12.1 Å². The third kappa shape index (κ3) is 5.12. The first kappa shape index (κ1) is 19.5. The van der Waals surface area contributed by atoms with Gasteiger partial charge in [0, 0.05) is 45.4 Å². The lowest BCUT2D eigenvalue weighted by molar-refractivity contribution is 0.0400. The Bertz CT molecular complexity index is 560. The fourth-order valence-corrected chi connectivity index (χ4v) is 4.54. The Morgan fingerprint density at radius 2 is 1.96 bits per heavy atom. The molecule has 5 heteroatoms. The second-order valence-corrected chi connectivity index (χ2v) is 7.91. The van der Waals surface area contributed by atoms with Crippen molar-refractivity contribution in [3.8, 4) is 11.5 Å². The van der Waals surface area contributed by atoms with Gasteiger partial charge in [-0.3, -0.25) is 9.80 Å². The van der Waals surface area contributed by atoms with Crippen LogP contribution in [0, 0.1) is 5.92 Å². The van der Waals surface area contributed by atoms with Gasteiger partial charge in [-0.15, -0.1) is 0 Å². The average molecular weight is 363 g/mol. The maximum absolute atomic E-state index is 9.77. The molecule has 1 saturated heterocycles. The fraction of sp³-hybridized carbons (Fsp3) is 0.714. The van der Waals surface area contributed by atoms with Crippen molar-refractivity contribution in [2.45, 2.75) is 51.1 Å². The third-order valence-electron chi connectivity index (χ3n) is 6.02. The number of hydrogen-bond donors (Lipinski definition) is 2. The summed E-state index contributed by atoms with van der Waals surface area (Å²) < 4.78 is 5.23. The molecule has 0 spiro atoms. The van der Waals surface area contributed by atoms with E-state index in [1.54, 1.807) is 13.2 Å². The zero-order chi connectivity index (χ0) is 18.4. The van der Waals surface area contributed by atoms with Crippen LogP contribution in [0.3, 0.4) is 0 Å². The first-order chi connectivity index (χ1) is 12.7. The summed E-state index contributed by atoms with van der Waals surface area (Å²) in [5, 5.41) is 19.3. The van der Waals surface area contributed by atoms with E-state index in [9.17, 15) is 10.2 Å². The minimum atomic E-state index is 0.187. The van der Waals surface area contributed by atoms with Gasteiger partial charge in [0.05, 0.1) is 7.11 Å². The predicted octanol–water partition coefficient (Wildman–Crippen LogP) is 2.85. The van der Waals surface area contributed by atoms with Gasteiger partial charge in [-0.2, -0.15) is 0 Å². The molecule has 0 bridgehead atoms. The van der Waals surface area contributed by atoms with Crippen LogP contribution in [-0.2, 0) is 6.54 Å². The number of benzene rings is 1. The number of piperazine rings is 1. The molecule has 0 aromatic heterocycles. The van der Waals surface area contributed by atoms with Crippen LogP contribution in [0.5, 0.6) is 11.5 Å². The van der Waals surface area contributed by atoms with E-state index in [-0.39, 0.29) is 12.4 Å². The number of rotatable bonds is 7. The first-order valence-corrected chi connectivity index (χ1v) is 10.1. The zero-order valence-corrected chi connectivity index (χ0v) is 16.1. The van der Waals surface area contributed by atoms with Crippen molar-refractivity contribution in [2.75, 3.05) is 39.9 Å². The smallest absolute Gasteiger partial charge is 0.160 e. The molecule has 5 nitrogen and oxygen atoms in total. The Kier molecular flexibility index (Phi) is 7.17. The number of aliphatic hydroxyl groups is 1. The molecule has 2 aliphatic rings. The molecule has 0 amide bonds. The zero-order valence-electron chi connectivity index (χ0n) is 16.1. The molecule has 146 valence electrons. The largest absolute Gasteiger partial charge is 0.504 e. The lowest BCUT2D eigenvalue weighted by atomic mass is 9.88. The van der Waals surface area contributed by atoms with Crippen LogP contribution in [0.25, 0.3) is 0 Å². The van der Waals surface area contributed by atoms with Crippen LogP contribution < -0.4 is 4.74 Å². The second-order valence-electron chi connectivity index (χ2n) is 7.91. The second kappa shape index (κ2) is 9.58. The quantitative estimate of drug-likeness (QED) is 0.781. The molecule has 3 rings (SSSR count). The molecule has 26 heavy (non-hydrogen) atoms. The van der Waals surface area contributed by atoms with Gasteiger partial charge < -0.3 is 14.9 Å². The average Bonchev–Trinajstić information content (AvgIpc) is 2.66. The summed E-state index contributed by atoms with van der Waals surface area (Å²) in [5.41, 5.74) is 1.16. The minimum absolute atomic E-state index is 0.187. The Morgan fingerprint density at radius 3 is 2.69 bits per heavy atom. The number of nitrogens with zero attached hydrogens (tertiary/aromatic N) is 2. The minimum Gasteiger partial charge on any atom is -0.504 e. The SMILES string of the molecule is COc1cc(CN2CCN(CC3CCCCC3)[C@H](CCO)C2)ccc1O. The number of hydrogen-bond acceptors (Lipinski definition) is 5. The number of ether oxygens (including phenoxy) is 1. The molecular weight excluding hydrogens is 328 g/mol. The van der Waals surface area contributed by atoms with Crippen molar-refractivity contribution < 1.29 is 14.9 Å². The Labute approximate surface area is 157 Å². The van der Waals surface area contributed by atoms with Crippen LogP contribution in [0.4, 0.5) is 0 Å². The van der Waals surface area contributed by atoms with E-state index in [2.05, 4.69) is 9.80 Å². The predicted molar refractivity (Wildman–Crippen MR) is 104 cm³/mol. The van der Waals surface area contributed by atoms with Gasteiger partial charge >= 0.3 is 0 Å². The number of aromatic hydroxyl groups is 1. The Balaban J connectivity index is 1.58. The molecule has 1 heterocycles. The summed E-state index contributed by atoms with van der Waals surface area (Å²) >= 11 is 0. The van der Waals surface area contributed by atoms with E-state index < -0.39 is 0 Å². The molecule has 1 aromatic rings. The van der Waals surface area contributed by atoms with Crippen LogP contribution in [0.2, 0.25) is 0 Å². The number of phenolic OH excluding ortho intramolecular Hbond substituents is 1. The van der Waals surface area contributed by atoms with Crippen molar-refractivity contribution in [2.24, 2.45) is 5.92 Å². The maximum Gasteiger partial charge on any atom is 0.160 e. The van der Waals surface area contributed by atoms with Crippen molar-refractivity contribution in [1.29, 1.82) is 0 Å². The molecule has 2 fully saturated rings. The van der Waals surface area contributed by atoms with Crippen molar-refractivity contribution in [3.05, 3.63) is 23.8 Å². The standard InChI is InChI=1S/C21H34N2O3/c1-26-21-13-18(7-8-20(21)25)14-22-10-11-23(19(16-22)9-12-24)15-17-5-3-2-4-6-17/h7-8,13,17,19,24-25H,2-6,9-12,14-16H2,1H3/t19-/m1/s1. The number of methoxy groups -OCH3 is 1. The highest BCUT2D eigenvalue weighted by molar-refractivity contribution is 5.41. The van der Waals surface area contributed by atoms with E-state index in [0.29, 0.717) is 11.8 Å². The van der Waals surface area contributed by atoms with Gasteiger partial charge in [-0.25, -0.2) is 0 Å². The number of phenols is 1. The van der Waals surface area contributed by atoms with Gasteiger partial charge in [0.15, 0.2) is 11.5 Å². The van der Waals surface area contributed by atoms with E-state index in [0.717, 1.165) is 44.1 Å². The summed E-state index contributed by atoms with van der Waals surface area (Å²) in [6, 6.07) is 6.03. The highest BCUT2D eigenvalue weighted by atomic mass is 16.5. The Hall–Kier alpha value is -1.30. The summed E-state index contributed by atoms with van der Waals surface area (Å²) in [4.78, 5) is 5.09. The van der Waals surface area contributed by atoms with Gasteiger partial charge in [-0.05, 0) is 42.9 Å². The normalized spacial score (nSPS) is 23.2. The summed E-state index contributed by atoms with van der Waals surface area (Å²) in [6.07, 6.45) is 7.78. The Morgan fingerprint density at radius 1 is 1.15 bits per heavy atom. The first-order valence-electron chi connectivity index (χ1n) is 10.1. The molecule has 1 aliphatic carbocycles. The fourth-order valence-electron chi connectivity index (χ4n) is 4.54. The molecule has 1 aliphatic heterocycles. The summed E-state index contributed by atoms with van der Waals surface area (Å²) in [7, 11) is 1.58. The van der Waals surface area contributed by atoms with Crippen LogP contribution in [-0.4, -0.2) is 66.0 Å². The van der Waals surface area contributed by atoms with E-state index in [1.165, 1.54) is 38.6 Å². The third-order valence-corrected chi connectivity index (χ3v) is 6.02. The highest BCUT2D eigenvalue weighted by Gasteiger charge is 2.29. The monoisotopic (exact) mass is 362 g/mol. The van der Waals surface area contributed by atoms with Crippen molar-refractivity contribution in [3.63, 3.8) is 0 Å². The van der Waals surface area contributed by atoms with Crippen molar-refractivity contribution in [1.82, 2.24) is 9.80 Å². The van der Waals surface area contributed by atoms with Gasteiger partial charge in [0.25, 0.3) is 0 Å². The highest BCUT2D eigenvalue weighted by Crippen LogP contribution is 2.28. The summed E-state index contributed by atoms with van der Waals surface area (Å²) in [5.74, 6) is 1.56. The van der Waals surface area contributed by atoms with Gasteiger partial charge in [0.2, 0.25) is 0 Å². The molecule has 1 aromatic carbocycles.